The van der Waals surface area contributed by atoms with Crippen molar-refractivity contribution >= 4 is 6.29 Å². The summed E-state index contributed by atoms with van der Waals surface area (Å²) in [5, 5.41) is 2.75. The van der Waals surface area contributed by atoms with Crippen LogP contribution in [-0.4, -0.2) is 26.9 Å². The molecule has 0 aromatic rings. The van der Waals surface area contributed by atoms with Crippen LogP contribution in [0.4, 0.5) is 0 Å². The van der Waals surface area contributed by atoms with Crippen molar-refractivity contribution in [2.75, 3.05) is 20.6 Å². The molecule has 11 heavy (non-hydrogen) atoms. The number of carbonyl (C=O) groups is 1. The van der Waals surface area contributed by atoms with Crippen LogP contribution in [0.15, 0.2) is 0 Å². The van der Waals surface area contributed by atoms with E-state index in [0.717, 1.165) is 12.7 Å². The molecule has 0 unspecified atom stereocenters. The lowest BCUT2D eigenvalue weighted by atomic mass is 10.3. The topological polar surface area (TPSA) is 55.1 Å². The number of nitrogens with one attached hydrogen (secondary N) is 1. The van der Waals surface area contributed by atoms with Crippen LogP contribution in [-0.2, 0) is 4.79 Å². The zero-order chi connectivity index (χ0) is 9.54. The molecule has 0 aliphatic heterocycles. The molecule has 3 N–H and O–H groups in total. The monoisotopic (exact) mass is 162 g/mol. The van der Waals surface area contributed by atoms with Crippen molar-refractivity contribution in [2.24, 2.45) is 5.73 Å². The van der Waals surface area contributed by atoms with Gasteiger partial charge in [-0.1, -0.05) is 13.8 Å². The van der Waals surface area contributed by atoms with E-state index in [9.17, 15) is 4.79 Å². The normalized spacial score (nSPS) is 6.64. The van der Waals surface area contributed by atoms with E-state index in [2.05, 4.69) is 5.32 Å². The van der Waals surface area contributed by atoms with Crippen molar-refractivity contribution in [3.63, 3.8) is 0 Å². The minimum Gasteiger partial charge on any atom is -0.330 e. The van der Waals surface area contributed by atoms with Crippen LogP contribution in [0.3, 0.4) is 0 Å². The molecule has 0 saturated carbocycles. The minimum absolute atomic E-state index is 0.608. The molecular formula is C8H22N2O. The highest BCUT2D eigenvalue weighted by Crippen LogP contribution is 1.75. The van der Waals surface area contributed by atoms with E-state index in [4.69, 9.17) is 5.73 Å². The Bertz CT molecular complexity index is 49.4. The van der Waals surface area contributed by atoms with Crippen LogP contribution in [0.25, 0.3) is 0 Å². The molecule has 0 amide bonds. The van der Waals surface area contributed by atoms with Crippen LogP contribution in [0.1, 0.15) is 26.7 Å². The van der Waals surface area contributed by atoms with Gasteiger partial charge in [-0.05, 0) is 27.1 Å². The summed E-state index contributed by atoms with van der Waals surface area (Å²) in [5.41, 5.74) is 5.06. The zero-order valence-corrected chi connectivity index (χ0v) is 8.18. The molecule has 0 aromatic carbocycles. The van der Waals surface area contributed by atoms with Crippen LogP contribution in [0.2, 0.25) is 0 Å². The lowest BCUT2D eigenvalue weighted by Gasteiger charge is -1.79. The van der Waals surface area contributed by atoms with Crippen molar-refractivity contribution < 1.29 is 4.79 Å². The first-order valence-electron chi connectivity index (χ1n) is 4.05. The van der Waals surface area contributed by atoms with Gasteiger partial charge in [-0.2, -0.15) is 0 Å². The molecule has 70 valence electrons. The maximum absolute atomic E-state index is 9.51. The van der Waals surface area contributed by atoms with Crippen LogP contribution < -0.4 is 11.1 Å². The number of hydrogen-bond acceptors (Lipinski definition) is 3. The van der Waals surface area contributed by atoms with Gasteiger partial charge in [-0.3, -0.25) is 0 Å². The summed E-state index contributed by atoms with van der Waals surface area (Å²) in [6.45, 7) is 4.62. The fourth-order valence-electron chi connectivity index (χ4n) is 0.201. The lowest BCUT2D eigenvalue weighted by Crippen LogP contribution is -1.97. The van der Waals surface area contributed by atoms with Crippen molar-refractivity contribution in [3.05, 3.63) is 0 Å². The molecule has 3 nitrogen and oxygen atoms in total. The molecule has 0 radical (unpaired) electrons. The van der Waals surface area contributed by atoms with Gasteiger partial charge in [0.1, 0.15) is 6.29 Å². The maximum Gasteiger partial charge on any atom is 0.120 e. The second-order valence-corrected chi connectivity index (χ2v) is 1.60. The van der Waals surface area contributed by atoms with Crippen molar-refractivity contribution in [3.8, 4) is 0 Å². The summed E-state index contributed by atoms with van der Waals surface area (Å²) in [4.78, 5) is 9.51. The van der Waals surface area contributed by atoms with Crippen LogP contribution >= 0.6 is 0 Å². The summed E-state index contributed by atoms with van der Waals surface area (Å²) < 4.78 is 0. The molecule has 0 heterocycles. The Kier molecular flexibility index (Phi) is 51.6. The minimum atomic E-state index is 0.608. The van der Waals surface area contributed by atoms with E-state index < -0.39 is 0 Å². The Morgan fingerprint density at radius 2 is 1.73 bits per heavy atom. The predicted molar refractivity (Wildman–Crippen MR) is 50.7 cm³/mol. The quantitative estimate of drug-likeness (QED) is 0.476. The van der Waals surface area contributed by atoms with Gasteiger partial charge in [0.2, 0.25) is 0 Å². The number of aldehydes is 1. The number of unbranched alkanes of at least 4 members (excludes halogenated alkanes) is 1. The summed E-state index contributed by atoms with van der Waals surface area (Å²) >= 11 is 0. The Hall–Kier alpha value is -0.410. The average Bonchev–Trinajstić information content (AvgIpc) is 2.06. The van der Waals surface area contributed by atoms with Gasteiger partial charge in [0, 0.05) is 6.42 Å². The lowest BCUT2D eigenvalue weighted by molar-refractivity contribution is -0.107. The number of hydrogen-bond donors (Lipinski definition) is 2. The first kappa shape index (κ1) is 16.9. The Balaban J connectivity index is -0.000000109. The summed E-state index contributed by atoms with van der Waals surface area (Å²) in [5.74, 6) is 0. The molecule has 0 aliphatic rings. The molecule has 0 saturated heterocycles. The molecule has 0 spiro atoms. The maximum atomic E-state index is 9.51. The van der Waals surface area contributed by atoms with Gasteiger partial charge in [-0.25, -0.2) is 0 Å². The molecule has 0 atom stereocenters. The standard InChI is InChI=1S/C4H9NO.C2H7N.C2H6/c5-3-1-2-4-6;1-3-2;1-2/h4H,1-3,5H2;3H,1-2H3;1-2H3. The SMILES string of the molecule is CC.CNC.NCCCC=O. The highest BCUT2D eigenvalue weighted by atomic mass is 16.1. The summed E-state index contributed by atoms with van der Waals surface area (Å²) in [7, 11) is 3.75. The first-order valence-corrected chi connectivity index (χ1v) is 4.05. The van der Waals surface area contributed by atoms with Gasteiger partial charge in [-0.15, -0.1) is 0 Å². The second kappa shape index (κ2) is 33.6. The zero-order valence-electron chi connectivity index (χ0n) is 8.18. The number of nitrogens with two attached hydrogens (primary N) is 1. The second-order valence-electron chi connectivity index (χ2n) is 1.60. The van der Waals surface area contributed by atoms with Gasteiger partial charge in [0.25, 0.3) is 0 Å². The predicted octanol–water partition coefficient (Wildman–Crippen LogP) is 0.786. The number of carbonyl (C=O) groups excluding carboxylic acids is 1. The third-order valence-electron chi connectivity index (χ3n) is 0.526. The molecule has 0 fully saturated rings. The summed E-state index contributed by atoms with van der Waals surface area (Å²) in [6.07, 6.45) is 2.31. The van der Waals surface area contributed by atoms with Crippen molar-refractivity contribution in [1.29, 1.82) is 0 Å². The molecule has 0 rings (SSSR count). The van der Waals surface area contributed by atoms with E-state index in [0.29, 0.717) is 13.0 Å². The van der Waals surface area contributed by atoms with Gasteiger partial charge < -0.3 is 15.8 Å². The molecule has 0 aliphatic carbocycles. The molecule has 3 heteroatoms. The highest BCUT2D eigenvalue weighted by molar-refractivity contribution is 5.48. The Morgan fingerprint density at radius 1 is 1.36 bits per heavy atom. The van der Waals surface area contributed by atoms with Crippen LogP contribution in [0.5, 0.6) is 0 Å². The fourth-order valence-corrected chi connectivity index (χ4v) is 0.201. The van der Waals surface area contributed by atoms with Crippen molar-refractivity contribution in [2.45, 2.75) is 26.7 Å². The third kappa shape index (κ3) is 82.4. The van der Waals surface area contributed by atoms with E-state index in [-0.39, 0.29) is 0 Å². The van der Waals surface area contributed by atoms with E-state index in [1.54, 1.807) is 0 Å². The van der Waals surface area contributed by atoms with Gasteiger partial charge in [0.05, 0.1) is 0 Å². The Morgan fingerprint density at radius 3 is 1.82 bits per heavy atom. The first-order chi connectivity index (χ1) is 5.33. The van der Waals surface area contributed by atoms with E-state index >= 15 is 0 Å². The molecule has 0 bridgehead atoms. The van der Waals surface area contributed by atoms with E-state index in [1.807, 2.05) is 27.9 Å². The van der Waals surface area contributed by atoms with Gasteiger partial charge in [0.15, 0.2) is 0 Å². The third-order valence-corrected chi connectivity index (χ3v) is 0.526. The number of rotatable bonds is 3. The largest absolute Gasteiger partial charge is 0.330 e. The average molecular weight is 162 g/mol. The smallest absolute Gasteiger partial charge is 0.120 e. The fraction of sp³-hybridized carbons (Fsp3) is 0.875. The van der Waals surface area contributed by atoms with Gasteiger partial charge >= 0.3 is 0 Å². The molecule has 0 aromatic heterocycles. The summed E-state index contributed by atoms with van der Waals surface area (Å²) in [6, 6.07) is 0. The van der Waals surface area contributed by atoms with Crippen molar-refractivity contribution in [1.82, 2.24) is 5.32 Å². The highest BCUT2D eigenvalue weighted by Gasteiger charge is 1.74. The van der Waals surface area contributed by atoms with E-state index in [1.165, 1.54) is 0 Å². The Labute approximate surface area is 70.4 Å². The molecular weight excluding hydrogens is 140 g/mol. The van der Waals surface area contributed by atoms with Crippen LogP contribution in [0, 0.1) is 0 Å².